The third kappa shape index (κ3) is 4.34. The van der Waals surface area contributed by atoms with E-state index in [1.165, 1.54) is 10.8 Å². The zero-order valence-electron chi connectivity index (χ0n) is 17.3. The number of benzene rings is 1. The van der Waals surface area contributed by atoms with Gasteiger partial charge in [0.05, 0.1) is 22.0 Å². The van der Waals surface area contributed by atoms with E-state index in [4.69, 9.17) is 11.6 Å². The van der Waals surface area contributed by atoms with Crippen molar-refractivity contribution in [1.82, 2.24) is 19.0 Å². The number of halogens is 1. The molecule has 162 valence electrons. The van der Waals surface area contributed by atoms with Crippen LogP contribution in [0.3, 0.4) is 0 Å². The van der Waals surface area contributed by atoms with Crippen molar-refractivity contribution < 1.29 is 9.59 Å². The Balaban J connectivity index is 1.46. The number of nitrogens with one attached hydrogen (secondary N) is 1. The van der Waals surface area contributed by atoms with Gasteiger partial charge in [-0.1, -0.05) is 23.7 Å². The maximum absolute atomic E-state index is 13.0. The molecule has 2 aromatic heterocycles. The molecule has 2 amide bonds. The summed E-state index contributed by atoms with van der Waals surface area (Å²) in [6.07, 6.45) is 2.89. The van der Waals surface area contributed by atoms with E-state index >= 15 is 0 Å². The molecule has 1 aliphatic heterocycles. The molecule has 1 N–H and O–H groups in total. The van der Waals surface area contributed by atoms with Gasteiger partial charge in [-0.15, -0.1) is 0 Å². The van der Waals surface area contributed by atoms with E-state index in [0.717, 1.165) is 17.5 Å². The molecule has 1 unspecified atom stereocenters. The number of aromatic nitrogens is 3. The number of carbonyl (C=O) groups is 2. The van der Waals surface area contributed by atoms with Crippen molar-refractivity contribution in [2.45, 2.75) is 32.9 Å². The molecule has 8 nitrogen and oxygen atoms in total. The number of pyridine rings is 1. The van der Waals surface area contributed by atoms with Crippen molar-refractivity contribution >= 4 is 40.3 Å². The Morgan fingerprint density at radius 2 is 1.90 bits per heavy atom. The van der Waals surface area contributed by atoms with Crippen LogP contribution < -0.4 is 11.0 Å². The van der Waals surface area contributed by atoms with Gasteiger partial charge in [0, 0.05) is 25.8 Å². The molecule has 31 heavy (non-hydrogen) atoms. The first kappa shape index (κ1) is 21.1. The molecule has 0 bridgehead atoms. The number of likely N-dealkylation sites (tertiary alicyclic amines) is 1. The number of hydrogen-bond donors (Lipinski definition) is 1. The zero-order valence-corrected chi connectivity index (χ0v) is 18.0. The summed E-state index contributed by atoms with van der Waals surface area (Å²) in [5.41, 5.74) is 1.36. The van der Waals surface area contributed by atoms with Gasteiger partial charge < -0.3 is 10.2 Å². The second-order valence-electron chi connectivity index (χ2n) is 7.63. The highest BCUT2D eigenvalue weighted by Crippen LogP contribution is 2.20. The molecule has 0 spiro atoms. The van der Waals surface area contributed by atoms with Gasteiger partial charge in [0.2, 0.25) is 11.8 Å². The van der Waals surface area contributed by atoms with Crippen LogP contribution in [-0.2, 0) is 22.7 Å². The van der Waals surface area contributed by atoms with Crippen LogP contribution in [0.2, 0.25) is 5.02 Å². The van der Waals surface area contributed by atoms with Crippen LogP contribution in [0.1, 0.15) is 19.8 Å². The van der Waals surface area contributed by atoms with Crippen LogP contribution in [0.5, 0.6) is 0 Å². The largest absolute Gasteiger partial charge is 0.340 e. The van der Waals surface area contributed by atoms with Crippen LogP contribution in [0.4, 0.5) is 5.82 Å². The molecule has 3 heterocycles. The highest BCUT2D eigenvalue weighted by atomic mass is 35.5. The SMILES string of the molecule is CCn1c(=O)n(CC(=O)N2CCCC(C(=O)Nc3ccc(Cl)cn3)C2)c2ccccc21. The van der Waals surface area contributed by atoms with Crippen LogP contribution >= 0.6 is 11.6 Å². The summed E-state index contributed by atoms with van der Waals surface area (Å²) in [7, 11) is 0. The maximum Gasteiger partial charge on any atom is 0.329 e. The maximum atomic E-state index is 13.0. The molecule has 1 aromatic carbocycles. The van der Waals surface area contributed by atoms with Crippen molar-refractivity contribution in [2.75, 3.05) is 18.4 Å². The monoisotopic (exact) mass is 441 g/mol. The highest BCUT2D eigenvalue weighted by Gasteiger charge is 2.29. The van der Waals surface area contributed by atoms with Gasteiger partial charge in [-0.05, 0) is 44.0 Å². The molecule has 9 heteroatoms. The first-order valence-electron chi connectivity index (χ1n) is 10.4. The van der Waals surface area contributed by atoms with Crippen LogP contribution in [0, 0.1) is 5.92 Å². The minimum absolute atomic E-state index is 0.0422. The second kappa shape index (κ2) is 8.93. The fraction of sp³-hybridized carbons (Fsp3) is 0.364. The normalized spacial score (nSPS) is 16.5. The molecule has 1 saturated heterocycles. The van der Waals surface area contributed by atoms with Crippen molar-refractivity contribution in [3.8, 4) is 0 Å². The third-order valence-electron chi connectivity index (χ3n) is 5.66. The smallest absolute Gasteiger partial charge is 0.329 e. The van der Waals surface area contributed by atoms with Crippen molar-refractivity contribution in [1.29, 1.82) is 0 Å². The zero-order chi connectivity index (χ0) is 22.0. The molecule has 0 aliphatic carbocycles. The lowest BCUT2D eigenvalue weighted by Crippen LogP contribution is -2.45. The summed E-state index contributed by atoms with van der Waals surface area (Å²) in [5.74, 6) is -0.240. The van der Waals surface area contributed by atoms with Gasteiger partial charge in [-0.3, -0.25) is 18.7 Å². The molecule has 1 fully saturated rings. The van der Waals surface area contributed by atoms with E-state index in [-0.39, 0.29) is 30.0 Å². The Labute approximate surface area is 184 Å². The van der Waals surface area contributed by atoms with Crippen molar-refractivity contribution in [3.63, 3.8) is 0 Å². The molecule has 1 aliphatic rings. The van der Waals surface area contributed by atoms with Crippen LogP contribution in [-0.4, -0.2) is 43.9 Å². The fourth-order valence-corrected chi connectivity index (χ4v) is 4.17. The van der Waals surface area contributed by atoms with E-state index in [1.807, 2.05) is 31.2 Å². The van der Waals surface area contributed by atoms with E-state index in [9.17, 15) is 14.4 Å². The number of nitrogens with zero attached hydrogens (tertiary/aromatic N) is 4. The summed E-state index contributed by atoms with van der Waals surface area (Å²) in [6, 6.07) is 10.8. The van der Waals surface area contributed by atoms with Gasteiger partial charge in [-0.2, -0.15) is 0 Å². The average Bonchev–Trinajstić information content (AvgIpc) is 3.06. The number of aryl methyl sites for hydroxylation is 1. The molecule has 4 rings (SSSR count). The third-order valence-corrected chi connectivity index (χ3v) is 5.88. The van der Waals surface area contributed by atoms with Gasteiger partial charge in [-0.25, -0.2) is 9.78 Å². The number of para-hydroxylation sites is 2. The first-order chi connectivity index (χ1) is 15.0. The Morgan fingerprint density at radius 1 is 1.16 bits per heavy atom. The fourth-order valence-electron chi connectivity index (χ4n) is 4.06. The van der Waals surface area contributed by atoms with Crippen molar-refractivity contribution in [2.24, 2.45) is 5.92 Å². The predicted molar refractivity (Wildman–Crippen MR) is 119 cm³/mol. The van der Waals surface area contributed by atoms with E-state index < -0.39 is 0 Å². The minimum Gasteiger partial charge on any atom is -0.340 e. The minimum atomic E-state index is -0.330. The Morgan fingerprint density at radius 3 is 2.58 bits per heavy atom. The molecule has 3 aromatic rings. The summed E-state index contributed by atoms with van der Waals surface area (Å²) in [6.45, 7) is 3.29. The van der Waals surface area contributed by atoms with E-state index in [2.05, 4.69) is 10.3 Å². The van der Waals surface area contributed by atoms with Gasteiger partial charge in [0.1, 0.15) is 12.4 Å². The Bertz CT molecular complexity index is 1170. The number of amides is 2. The number of anilines is 1. The average molecular weight is 442 g/mol. The molecular weight excluding hydrogens is 418 g/mol. The summed E-state index contributed by atoms with van der Waals surface area (Å²) >= 11 is 5.83. The quantitative estimate of drug-likeness (QED) is 0.659. The summed E-state index contributed by atoms with van der Waals surface area (Å²) in [4.78, 5) is 44.3. The van der Waals surface area contributed by atoms with Crippen molar-refractivity contribution in [3.05, 3.63) is 58.1 Å². The van der Waals surface area contributed by atoms with E-state index in [0.29, 0.717) is 36.9 Å². The lowest BCUT2D eigenvalue weighted by molar-refractivity contribution is -0.135. The number of hydrogen-bond acceptors (Lipinski definition) is 4. The number of piperidine rings is 1. The molecular formula is C22H24ClN5O3. The lowest BCUT2D eigenvalue weighted by Gasteiger charge is -2.32. The Kier molecular flexibility index (Phi) is 6.08. The second-order valence-corrected chi connectivity index (χ2v) is 8.07. The summed E-state index contributed by atoms with van der Waals surface area (Å²) < 4.78 is 3.18. The number of fused-ring (bicyclic) bond motifs is 1. The van der Waals surface area contributed by atoms with Gasteiger partial charge in [0.25, 0.3) is 0 Å². The highest BCUT2D eigenvalue weighted by molar-refractivity contribution is 6.30. The predicted octanol–water partition coefficient (Wildman–Crippen LogP) is 2.75. The molecule has 0 saturated carbocycles. The van der Waals surface area contributed by atoms with Crippen LogP contribution in [0.15, 0.2) is 47.4 Å². The number of imidazole rings is 1. The number of rotatable bonds is 5. The van der Waals surface area contributed by atoms with Crippen LogP contribution in [0.25, 0.3) is 11.0 Å². The van der Waals surface area contributed by atoms with E-state index in [1.54, 1.807) is 21.6 Å². The number of carbonyl (C=O) groups excluding carboxylic acids is 2. The topological polar surface area (TPSA) is 89.2 Å². The Hall–Kier alpha value is -3.13. The molecule has 1 atom stereocenters. The summed E-state index contributed by atoms with van der Waals surface area (Å²) in [5, 5.41) is 3.28. The van der Waals surface area contributed by atoms with Gasteiger partial charge >= 0.3 is 5.69 Å². The lowest BCUT2D eigenvalue weighted by atomic mass is 9.97. The first-order valence-corrected chi connectivity index (χ1v) is 10.7. The van der Waals surface area contributed by atoms with Gasteiger partial charge in [0.15, 0.2) is 0 Å². The molecule has 0 radical (unpaired) electrons. The standard InChI is InChI=1S/C22H24ClN5O3/c1-2-27-17-7-3-4-8-18(17)28(22(27)31)14-20(29)26-11-5-6-15(13-26)21(30)25-19-10-9-16(23)12-24-19/h3-4,7-10,12,15H,2,5-6,11,13-14H2,1H3,(H,24,25,30).